The number of benzene rings is 2. The zero-order valence-corrected chi connectivity index (χ0v) is 29.5. The van der Waals surface area contributed by atoms with Crippen LogP contribution in [0, 0.1) is 17.8 Å². The summed E-state index contributed by atoms with van der Waals surface area (Å²) in [6.45, 7) is 15.0. The molecule has 0 spiro atoms. The SMILES string of the molecule is C/C(=C\C(=O)O)CC(/C=C(\C)c1ccc(C(C)(C)C)c(C23CC4CC(CC(C4)C2)C3)c1O[SiH](C)C)S(=O)(=O)c1ccccc1. The molecule has 1 N–H and O–H groups in total. The van der Waals surface area contributed by atoms with Crippen molar-refractivity contribution in [1.29, 1.82) is 0 Å². The highest BCUT2D eigenvalue weighted by Gasteiger charge is 2.54. The molecular formula is C37H50O5SSi. The van der Waals surface area contributed by atoms with Crippen molar-refractivity contribution in [3.05, 3.63) is 76.9 Å². The Labute approximate surface area is 266 Å². The minimum atomic E-state index is -3.79. The van der Waals surface area contributed by atoms with Crippen LogP contribution in [0.3, 0.4) is 0 Å². The highest BCUT2D eigenvalue weighted by Crippen LogP contribution is 2.63. The van der Waals surface area contributed by atoms with Gasteiger partial charge in [-0.2, -0.15) is 0 Å². The second-order valence-corrected chi connectivity index (χ2v) is 19.8. The molecule has 0 saturated heterocycles. The van der Waals surface area contributed by atoms with Crippen molar-refractivity contribution in [1.82, 2.24) is 0 Å². The lowest BCUT2D eigenvalue weighted by Gasteiger charge is -2.58. The molecule has 7 heteroatoms. The number of aliphatic carboxylic acids is 1. The average molecular weight is 635 g/mol. The Morgan fingerprint density at radius 1 is 1.00 bits per heavy atom. The van der Waals surface area contributed by atoms with Gasteiger partial charge < -0.3 is 9.53 Å². The number of allylic oxidation sites excluding steroid dienone is 2. The van der Waals surface area contributed by atoms with Crippen molar-refractivity contribution in [2.75, 3.05) is 0 Å². The third-order valence-corrected chi connectivity index (χ3v) is 12.8. The molecular weight excluding hydrogens is 585 g/mol. The molecule has 2 aromatic carbocycles. The Balaban J connectivity index is 1.70. The number of hydrogen-bond acceptors (Lipinski definition) is 4. The van der Waals surface area contributed by atoms with Gasteiger partial charge in [-0.15, -0.1) is 0 Å². The molecule has 0 aliphatic heterocycles. The van der Waals surface area contributed by atoms with Crippen LogP contribution in [0.25, 0.3) is 5.57 Å². The van der Waals surface area contributed by atoms with Crippen molar-refractivity contribution >= 4 is 30.4 Å². The van der Waals surface area contributed by atoms with E-state index in [1.54, 1.807) is 37.3 Å². The van der Waals surface area contributed by atoms with Crippen LogP contribution in [-0.2, 0) is 25.5 Å². The van der Waals surface area contributed by atoms with Crippen LogP contribution in [0.1, 0.15) is 96.3 Å². The lowest BCUT2D eigenvalue weighted by atomic mass is 9.47. The molecule has 5 nitrogen and oxygen atoms in total. The molecule has 4 fully saturated rings. The van der Waals surface area contributed by atoms with Crippen molar-refractivity contribution in [3.63, 3.8) is 0 Å². The van der Waals surface area contributed by atoms with Crippen LogP contribution in [-0.4, -0.2) is 33.8 Å². The lowest BCUT2D eigenvalue weighted by molar-refractivity contribution is -0.131. The number of carboxylic acids is 1. The fraction of sp³-hybridized carbons (Fsp3) is 0.541. The lowest BCUT2D eigenvalue weighted by Crippen LogP contribution is -2.49. The fourth-order valence-electron chi connectivity index (χ4n) is 8.82. The summed E-state index contributed by atoms with van der Waals surface area (Å²) in [5.41, 5.74) is 5.11. The van der Waals surface area contributed by atoms with E-state index < -0.39 is 30.1 Å². The van der Waals surface area contributed by atoms with E-state index >= 15 is 0 Å². The summed E-state index contributed by atoms with van der Waals surface area (Å²) in [7, 11) is -5.34. The number of carboxylic acid groups (broad SMARTS) is 1. The molecule has 1 unspecified atom stereocenters. The maximum Gasteiger partial charge on any atom is 0.328 e. The highest BCUT2D eigenvalue weighted by atomic mass is 32.2. The van der Waals surface area contributed by atoms with Crippen LogP contribution >= 0.6 is 0 Å². The van der Waals surface area contributed by atoms with E-state index in [-0.39, 0.29) is 22.1 Å². The third-order valence-electron chi connectivity index (χ3n) is 10.1. The van der Waals surface area contributed by atoms with Crippen molar-refractivity contribution in [2.24, 2.45) is 17.8 Å². The van der Waals surface area contributed by atoms with Gasteiger partial charge in [-0.3, -0.25) is 0 Å². The predicted octanol–water partition coefficient (Wildman–Crippen LogP) is 8.48. The van der Waals surface area contributed by atoms with E-state index in [2.05, 4.69) is 46.0 Å². The molecule has 238 valence electrons. The van der Waals surface area contributed by atoms with E-state index in [9.17, 15) is 18.3 Å². The van der Waals surface area contributed by atoms with E-state index in [4.69, 9.17) is 4.43 Å². The second-order valence-electron chi connectivity index (χ2n) is 15.3. The first-order chi connectivity index (χ1) is 20.6. The predicted molar refractivity (Wildman–Crippen MR) is 182 cm³/mol. The van der Waals surface area contributed by atoms with Crippen molar-refractivity contribution < 1.29 is 22.7 Å². The molecule has 2 aromatic rings. The van der Waals surface area contributed by atoms with Gasteiger partial charge in [0.05, 0.1) is 10.1 Å². The third kappa shape index (κ3) is 6.64. The van der Waals surface area contributed by atoms with E-state index in [0.29, 0.717) is 5.57 Å². The Hall–Kier alpha value is -2.64. The van der Waals surface area contributed by atoms with Gasteiger partial charge in [-0.05, 0) is 118 Å². The molecule has 4 aliphatic carbocycles. The fourth-order valence-corrected chi connectivity index (χ4v) is 11.3. The van der Waals surface area contributed by atoms with Gasteiger partial charge in [0.25, 0.3) is 0 Å². The van der Waals surface area contributed by atoms with Gasteiger partial charge in [0.2, 0.25) is 9.04 Å². The Morgan fingerprint density at radius 2 is 1.57 bits per heavy atom. The number of carbonyl (C=O) groups is 1. The smallest absolute Gasteiger partial charge is 0.328 e. The minimum Gasteiger partial charge on any atom is -0.546 e. The van der Waals surface area contributed by atoms with Gasteiger partial charge >= 0.3 is 5.97 Å². The maximum atomic E-state index is 14.0. The molecule has 0 heterocycles. The molecule has 4 bridgehead atoms. The van der Waals surface area contributed by atoms with Crippen LogP contribution in [0.5, 0.6) is 5.75 Å². The molecule has 0 amide bonds. The second kappa shape index (κ2) is 12.3. The molecule has 0 radical (unpaired) electrons. The first-order valence-electron chi connectivity index (χ1n) is 16.3. The van der Waals surface area contributed by atoms with Crippen molar-refractivity contribution in [3.8, 4) is 5.75 Å². The highest BCUT2D eigenvalue weighted by molar-refractivity contribution is 7.92. The van der Waals surface area contributed by atoms with Gasteiger partial charge in [0.1, 0.15) is 5.75 Å². The molecule has 1 atom stereocenters. The largest absolute Gasteiger partial charge is 0.546 e. The summed E-state index contributed by atoms with van der Waals surface area (Å²) < 4.78 is 35.0. The Kier molecular flexibility index (Phi) is 9.14. The van der Waals surface area contributed by atoms with Gasteiger partial charge in [-0.1, -0.05) is 62.8 Å². The summed E-state index contributed by atoms with van der Waals surface area (Å²) in [4.78, 5) is 11.7. The number of sulfone groups is 1. The molecule has 6 rings (SSSR count). The van der Waals surface area contributed by atoms with E-state index in [1.807, 2.05) is 13.0 Å². The summed E-state index contributed by atoms with van der Waals surface area (Å²) in [5.74, 6) is 2.24. The molecule has 0 aromatic heterocycles. The van der Waals surface area contributed by atoms with Crippen LogP contribution in [0.15, 0.2) is 65.1 Å². The van der Waals surface area contributed by atoms with Gasteiger partial charge in [0, 0.05) is 22.6 Å². The Bertz CT molecular complexity index is 1530. The topological polar surface area (TPSA) is 80.7 Å². The zero-order valence-electron chi connectivity index (χ0n) is 27.5. The van der Waals surface area contributed by atoms with Crippen LogP contribution in [0.4, 0.5) is 0 Å². The van der Waals surface area contributed by atoms with E-state index in [0.717, 1.165) is 40.7 Å². The molecule has 4 aliphatic rings. The van der Waals surface area contributed by atoms with Gasteiger partial charge in [0.15, 0.2) is 9.84 Å². The monoisotopic (exact) mass is 634 g/mol. The summed E-state index contributed by atoms with van der Waals surface area (Å²) in [6, 6.07) is 12.9. The quantitative estimate of drug-likeness (QED) is 0.209. The Morgan fingerprint density at radius 3 is 2.07 bits per heavy atom. The molecule has 4 saturated carbocycles. The first-order valence-corrected chi connectivity index (χ1v) is 20.6. The van der Waals surface area contributed by atoms with E-state index in [1.165, 1.54) is 49.7 Å². The van der Waals surface area contributed by atoms with Crippen LogP contribution < -0.4 is 4.43 Å². The maximum absolute atomic E-state index is 14.0. The van der Waals surface area contributed by atoms with Crippen LogP contribution in [0.2, 0.25) is 13.1 Å². The van der Waals surface area contributed by atoms with Crippen molar-refractivity contribution in [2.45, 2.75) is 114 Å². The first kappa shape index (κ1) is 32.7. The zero-order chi connectivity index (χ0) is 32.0. The number of rotatable bonds is 10. The number of hydrogen-bond donors (Lipinski definition) is 1. The summed E-state index contributed by atoms with van der Waals surface area (Å²) in [6.07, 6.45) is 10.8. The minimum absolute atomic E-state index is 0.0661. The summed E-state index contributed by atoms with van der Waals surface area (Å²) >= 11 is 0. The molecule has 44 heavy (non-hydrogen) atoms. The van der Waals surface area contributed by atoms with Gasteiger partial charge in [-0.25, -0.2) is 13.2 Å². The summed E-state index contributed by atoms with van der Waals surface area (Å²) in [5, 5.41) is 8.46. The average Bonchev–Trinajstić information content (AvgIpc) is 2.90. The standard InChI is InChI=1S/C37H50O5SSi/c1-24(16-33(38)39)15-30(43(40,41)29-11-9-8-10-12-29)17-25(2)31-13-14-32(36(3,4)5)34(35(31)42-44(6)7)37-21-26-18-27(22-37)20-28(19-26)23-37/h8-14,16-17,26-28,30,44H,15,18-23H2,1-7H3,(H,38,39)/b24-16+,25-17+. The normalized spacial score (nSPS) is 26.2.